The second-order valence-corrected chi connectivity index (χ2v) is 6.07. The Hall–Kier alpha value is -1.54. The van der Waals surface area contributed by atoms with Crippen LogP contribution < -0.4 is 5.32 Å². The molecule has 1 heterocycles. The van der Waals surface area contributed by atoms with Crippen LogP contribution in [-0.4, -0.2) is 11.1 Å². The number of benzene rings is 1. The minimum Gasteiger partial charge on any atom is -0.354 e. The van der Waals surface area contributed by atoms with Gasteiger partial charge in [0.2, 0.25) is 0 Å². The minimum absolute atomic E-state index is 0.578. The summed E-state index contributed by atoms with van der Waals surface area (Å²) < 4.78 is 2.41. The second-order valence-electron chi connectivity index (χ2n) is 6.07. The molecule has 2 heteroatoms. The molecule has 1 atom stereocenters. The summed E-state index contributed by atoms with van der Waals surface area (Å²) in [4.78, 5) is 0. The highest BCUT2D eigenvalue weighted by atomic mass is 15.0. The van der Waals surface area contributed by atoms with Crippen molar-refractivity contribution in [2.75, 3.05) is 6.54 Å². The van der Waals surface area contributed by atoms with Gasteiger partial charge < -0.3 is 9.88 Å². The predicted octanol–water partition coefficient (Wildman–Crippen LogP) is 4.11. The van der Waals surface area contributed by atoms with Gasteiger partial charge in [-0.1, -0.05) is 37.3 Å². The maximum atomic E-state index is 3.62. The van der Waals surface area contributed by atoms with E-state index in [0.717, 1.165) is 13.1 Å². The minimum atomic E-state index is 0.578. The van der Waals surface area contributed by atoms with Crippen molar-refractivity contribution in [2.24, 2.45) is 0 Å². The first kappa shape index (κ1) is 14.4. The third-order valence-electron chi connectivity index (χ3n) is 4.49. The summed E-state index contributed by atoms with van der Waals surface area (Å²) in [5, 5.41) is 3.62. The van der Waals surface area contributed by atoms with Crippen molar-refractivity contribution >= 4 is 0 Å². The molecule has 2 nitrogen and oxygen atoms in total. The first-order valence-electron chi connectivity index (χ1n) is 8.32. The fraction of sp³-hybridized carbons (Fsp3) is 0.474. The molecule has 3 rings (SSSR count). The first-order chi connectivity index (χ1) is 10.4. The Morgan fingerprint density at radius 3 is 2.86 bits per heavy atom. The van der Waals surface area contributed by atoms with E-state index in [4.69, 9.17) is 0 Å². The standard InChI is InChI=1S/C19H26N2/c1-2-20-19-12-6-11-17-14-21(15-18(17)19)13-7-10-16-8-4-3-5-9-16/h3-5,8-9,14-15,19-20H,2,6-7,10-13H2,1H3. The molecule has 1 aliphatic carbocycles. The Bertz CT molecular complexity index is 556. The lowest BCUT2D eigenvalue weighted by Crippen LogP contribution is -2.23. The van der Waals surface area contributed by atoms with Gasteiger partial charge in [-0.3, -0.25) is 0 Å². The largest absolute Gasteiger partial charge is 0.354 e. The number of aryl methyl sites for hydroxylation is 3. The van der Waals surface area contributed by atoms with Gasteiger partial charge in [0.1, 0.15) is 0 Å². The molecule has 0 spiro atoms. The topological polar surface area (TPSA) is 17.0 Å². The molecule has 2 aromatic rings. The van der Waals surface area contributed by atoms with Crippen molar-refractivity contribution in [2.45, 2.75) is 51.6 Å². The van der Waals surface area contributed by atoms with Crippen LogP contribution in [0.2, 0.25) is 0 Å². The van der Waals surface area contributed by atoms with Gasteiger partial charge in [0, 0.05) is 25.0 Å². The third kappa shape index (κ3) is 3.56. The number of rotatable bonds is 6. The smallest absolute Gasteiger partial charge is 0.0338 e. The average molecular weight is 282 g/mol. The maximum absolute atomic E-state index is 3.62. The molecule has 1 aromatic carbocycles. The van der Waals surface area contributed by atoms with E-state index in [2.05, 4.69) is 59.5 Å². The summed E-state index contributed by atoms with van der Waals surface area (Å²) in [5.41, 5.74) is 4.55. The third-order valence-corrected chi connectivity index (χ3v) is 4.49. The molecule has 0 saturated carbocycles. The molecule has 0 amide bonds. The molecule has 1 aromatic heterocycles. The highest BCUT2D eigenvalue weighted by molar-refractivity contribution is 5.30. The zero-order chi connectivity index (χ0) is 14.5. The van der Waals surface area contributed by atoms with Gasteiger partial charge in [-0.05, 0) is 55.3 Å². The van der Waals surface area contributed by atoms with Crippen molar-refractivity contribution in [1.29, 1.82) is 0 Å². The Morgan fingerprint density at radius 1 is 1.19 bits per heavy atom. The lowest BCUT2D eigenvalue weighted by atomic mass is 9.91. The molecule has 0 saturated heterocycles. The number of hydrogen-bond donors (Lipinski definition) is 1. The van der Waals surface area contributed by atoms with Crippen LogP contribution in [-0.2, 0) is 19.4 Å². The highest BCUT2D eigenvalue weighted by Gasteiger charge is 2.20. The van der Waals surface area contributed by atoms with Gasteiger partial charge in [0.25, 0.3) is 0 Å². The van der Waals surface area contributed by atoms with E-state index in [0.29, 0.717) is 6.04 Å². The molecule has 21 heavy (non-hydrogen) atoms. The Kier molecular flexibility index (Phi) is 4.76. The van der Waals surface area contributed by atoms with Crippen molar-refractivity contribution in [3.8, 4) is 0 Å². The quantitative estimate of drug-likeness (QED) is 0.843. The van der Waals surface area contributed by atoms with Crippen LogP contribution >= 0.6 is 0 Å². The SMILES string of the molecule is CCNC1CCCc2cn(CCCc3ccccc3)cc21. The number of fused-ring (bicyclic) bond motifs is 1. The van der Waals surface area contributed by atoms with Gasteiger partial charge in [0.15, 0.2) is 0 Å². The summed E-state index contributed by atoms with van der Waals surface area (Å²) in [5.74, 6) is 0. The van der Waals surface area contributed by atoms with Gasteiger partial charge >= 0.3 is 0 Å². The molecular weight excluding hydrogens is 256 g/mol. The van der Waals surface area contributed by atoms with E-state index in [1.165, 1.54) is 37.7 Å². The van der Waals surface area contributed by atoms with Crippen molar-refractivity contribution in [3.63, 3.8) is 0 Å². The van der Waals surface area contributed by atoms with E-state index in [1.54, 1.807) is 11.1 Å². The molecule has 0 fully saturated rings. The number of nitrogens with zero attached hydrogens (tertiary/aromatic N) is 1. The number of hydrogen-bond acceptors (Lipinski definition) is 1. The van der Waals surface area contributed by atoms with Gasteiger partial charge in [0.05, 0.1) is 0 Å². The lowest BCUT2D eigenvalue weighted by Gasteiger charge is -2.22. The zero-order valence-electron chi connectivity index (χ0n) is 13.0. The van der Waals surface area contributed by atoms with Crippen molar-refractivity contribution < 1.29 is 0 Å². The van der Waals surface area contributed by atoms with E-state index in [9.17, 15) is 0 Å². The monoisotopic (exact) mass is 282 g/mol. The molecule has 0 bridgehead atoms. The van der Waals surface area contributed by atoms with Crippen molar-refractivity contribution in [1.82, 2.24) is 9.88 Å². The van der Waals surface area contributed by atoms with Crippen LogP contribution in [0.4, 0.5) is 0 Å². The summed E-state index contributed by atoms with van der Waals surface area (Å²) in [6.45, 7) is 4.38. The van der Waals surface area contributed by atoms with Gasteiger partial charge in [-0.15, -0.1) is 0 Å². The maximum Gasteiger partial charge on any atom is 0.0338 e. The summed E-state index contributed by atoms with van der Waals surface area (Å²) >= 11 is 0. The fourth-order valence-corrected chi connectivity index (χ4v) is 3.45. The molecule has 0 aliphatic heterocycles. The Balaban J connectivity index is 1.59. The summed E-state index contributed by atoms with van der Waals surface area (Å²) in [6, 6.07) is 11.4. The molecule has 0 radical (unpaired) electrons. The van der Waals surface area contributed by atoms with Crippen LogP contribution in [0, 0.1) is 0 Å². The van der Waals surface area contributed by atoms with E-state index in [-0.39, 0.29) is 0 Å². The number of nitrogens with one attached hydrogen (secondary N) is 1. The van der Waals surface area contributed by atoms with E-state index < -0.39 is 0 Å². The second kappa shape index (κ2) is 6.95. The van der Waals surface area contributed by atoms with E-state index in [1.807, 2.05) is 0 Å². The van der Waals surface area contributed by atoms with Crippen LogP contribution in [0.1, 0.15) is 48.9 Å². The van der Waals surface area contributed by atoms with Gasteiger partial charge in [-0.25, -0.2) is 0 Å². The Labute approximate surface area is 128 Å². The summed E-state index contributed by atoms with van der Waals surface area (Å²) in [6.07, 6.45) is 11.0. The van der Waals surface area contributed by atoms with E-state index >= 15 is 0 Å². The normalized spacial score (nSPS) is 17.7. The summed E-state index contributed by atoms with van der Waals surface area (Å²) in [7, 11) is 0. The first-order valence-corrected chi connectivity index (χ1v) is 8.32. The van der Waals surface area contributed by atoms with Crippen LogP contribution in [0.15, 0.2) is 42.7 Å². The molecule has 1 aliphatic rings. The number of aromatic nitrogens is 1. The zero-order valence-corrected chi connectivity index (χ0v) is 13.0. The fourth-order valence-electron chi connectivity index (χ4n) is 3.45. The molecule has 1 unspecified atom stereocenters. The Morgan fingerprint density at radius 2 is 2.05 bits per heavy atom. The van der Waals surface area contributed by atoms with Crippen LogP contribution in [0.3, 0.4) is 0 Å². The lowest BCUT2D eigenvalue weighted by molar-refractivity contribution is 0.473. The molecule has 112 valence electrons. The predicted molar refractivity (Wildman–Crippen MR) is 88.6 cm³/mol. The van der Waals surface area contributed by atoms with Gasteiger partial charge in [-0.2, -0.15) is 0 Å². The van der Waals surface area contributed by atoms with Crippen LogP contribution in [0.5, 0.6) is 0 Å². The molecule has 1 N–H and O–H groups in total. The van der Waals surface area contributed by atoms with Crippen molar-refractivity contribution in [3.05, 3.63) is 59.4 Å². The average Bonchev–Trinajstić information content (AvgIpc) is 2.93. The van der Waals surface area contributed by atoms with Crippen LogP contribution in [0.25, 0.3) is 0 Å². The molecular formula is C19H26N2. The highest BCUT2D eigenvalue weighted by Crippen LogP contribution is 2.30.